The largest absolute Gasteiger partial charge is 0.462 e. The summed E-state index contributed by atoms with van der Waals surface area (Å²) in [5, 5.41) is 0. The Hall–Kier alpha value is -3.53. The molecule has 3 rings (SSSR count). The first-order valence-electron chi connectivity index (χ1n) is 11.6. The number of carbonyl (C=O) groups excluding carboxylic acids is 2. The standard InChI is InChI=1S/C26H29F3N2O5/c27-26(28,29)16-35-21-9-4-18(5-10-21)25(33)36-22-7-1-17(2-8-22)3-12-24(32)34-14-13-19-15-20(30)6-11-23(19)31/h1-3,6-8,11-12,15,18,21H,4-5,9-10,13-14,16,30-31H2. The molecule has 4 N–H and O–H groups in total. The Balaban J connectivity index is 1.39. The Morgan fingerprint density at radius 2 is 1.69 bits per heavy atom. The minimum atomic E-state index is -4.36. The number of carbonyl (C=O) groups is 2. The van der Waals surface area contributed by atoms with Crippen LogP contribution in [0, 0.1) is 5.92 Å². The van der Waals surface area contributed by atoms with E-state index in [4.69, 9.17) is 25.7 Å². The fourth-order valence-corrected chi connectivity index (χ4v) is 3.84. The van der Waals surface area contributed by atoms with E-state index < -0.39 is 30.8 Å². The van der Waals surface area contributed by atoms with Crippen molar-refractivity contribution in [2.45, 2.75) is 44.4 Å². The number of nitrogens with two attached hydrogens (primary N) is 2. The lowest BCUT2D eigenvalue weighted by molar-refractivity contribution is -0.189. The van der Waals surface area contributed by atoms with Crippen molar-refractivity contribution in [1.82, 2.24) is 0 Å². The number of esters is 2. The van der Waals surface area contributed by atoms with Crippen molar-refractivity contribution in [3.05, 3.63) is 59.7 Å². The Morgan fingerprint density at radius 3 is 2.36 bits per heavy atom. The van der Waals surface area contributed by atoms with Crippen LogP contribution in [0.25, 0.3) is 6.08 Å². The van der Waals surface area contributed by atoms with Crippen LogP contribution >= 0.6 is 0 Å². The van der Waals surface area contributed by atoms with Crippen molar-refractivity contribution < 1.29 is 37.0 Å². The third-order valence-electron chi connectivity index (χ3n) is 5.78. The van der Waals surface area contributed by atoms with Crippen molar-refractivity contribution in [2.75, 3.05) is 24.7 Å². The van der Waals surface area contributed by atoms with Crippen molar-refractivity contribution in [2.24, 2.45) is 5.92 Å². The van der Waals surface area contributed by atoms with Crippen molar-refractivity contribution >= 4 is 29.4 Å². The van der Waals surface area contributed by atoms with Crippen molar-refractivity contribution in [1.29, 1.82) is 0 Å². The zero-order chi connectivity index (χ0) is 26.1. The normalized spacial score (nSPS) is 18.2. The van der Waals surface area contributed by atoms with Crippen LogP contribution in [0.2, 0.25) is 0 Å². The van der Waals surface area contributed by atoms with Crippen molar-refractivity contribution in [3.8, 4) is 5.75 Å². The Bertz CT molecular complexity index is 1060. The Morgan fingerprint density at radius 1 is 1.00 bits per heavy atom. The predicted molar refractivity (Wildman–Crippen MR) is 129 cm³/mol. The van der Waals surface area contributed by atoms with Crippen LogP contribution in [0.3, 0.4) is 0 Å². The van der Waals surface area contributed by atoms with Gasteiger partial charge in [-0.3, -0.25) is 4.79 Å². The molecule has 10 heteroatoms. The summed E-state index contributed by atoms with van der Waals surface area (Å²) in [6.07, 6.45) is 0.0363. The first-order valence-corrected chi connectivity index (χ1v) is 11.6. The summed E-state index contributed by atoms with van der Waals surface area (Å²) in [5.41, 5.74) is 14.3. The second-order valence-corrected chi connectivity index (χ2v) is 8.60. The second kappa shape index (κ2) is 12.4. The number of alkyl halides is 3. The predicted octanol–water partition coefficient (Wildman–Crippen LogP) is 4.69. The SMILES string of the molecule is Nc1ccc(N)c(CCOC(=O)C=Cc2ccc(OC(=O)C3CCC(OCC(F)(F)F)CC3)cc2)c1. The van der Waals surface area contributed by atoms with Gasteiger partial charge in [0.05, 0.1) is 18.6 Å². The summed E-state index contributed by atoms with van der Waals surface area (Å²) in [7, 11) is 0. The first kappa shape index (κ1) is 27.1. The highest BCUT2D eigenvalue weighted by molar-refractivity contribution is 5.87. The van der Waals surface area contributed by atoms with E-state index in [9.17, 15) is 22.8 Å². The average Bonchev–Trinajstić information content (AvgIpc) is 2.84. The van der Waals surface area contributed by atoms with Gasteiger partial charge in [-0.2, -0.15) is 13.2 Å². The molecule has 0 aromatic heterocycles. The van der Waals surface area contributed by atoms with Crippen LogP contribution in [-0.4, -0.2) is 37.4 Å². The number of benzene rings is 2. The van der Waals surface area contributed by atoms with E-state index in [1.165, 1.54) is 6.08 Å². The van der Waals surface area contributed by atoms with Gasteiger partial charge in [-0.1, -0.05) is 12.1 Å². The third kappa shape index (κ3) is 8.92. The maximum Gasteiger partial charge on any atom is 0.411 e. The van der Waals surface area contributed by atoms with E-state index in [-0.39, 0.29) is 12.5 Å². The highest BCUT2D eigenvalue weighted by atomic mass is 19.4. The smallest absolute Gasteiger partial charge is 0.411 e. The van der Waals surface area contributed by atoms with Gasteiger partial charge < -0.3 is 25.7 Å². The molecule has 0 aliphatic heterocycles. The first-order chi connectivity index (χ1) is 17.1. The van der Waals surface area contributed by atoms with E-state index >= 15 is 0 Å². The summed E-state index contributed by atoms with van der Waals surface area (Å²) in [6.45, 7) is -1.12. The lowest BCUT2D eigenvalue weighted by Gasteiger charge is -2.27. The molecule has 0 atom stereocenters. The van der Waals surface area contributed by atoms with Crippen LogP contribution in [0.15, 0.2) is 48.5 Å². The van der Waals surface area contributed by atoms with Crippen LogP contribution in [0.1, 0.15) is 36.8 Å². The molecule has 0 bridgehead atoms. The van der Waals surface area contributed by atoms with E-state index in [1.807, 2.05) is 0 Å². The minimum Gasteiger partial charge on any atom is -0.462 e. The molecule has 1 saturated carbocycles. The molecule has 0 heterocycles. The molecule has 0 spiro atoms. The molecule has 194 valence electrons. The summed E-state index contributed by atoms with van der Waals surface area (Å²) in [6, 6.07) is 11.7. The van der Waals surface area contributed by atoms with Gasteiger partial charge in [0.25, 0.3) is 0 Å². The molecule has 1 aliphatic rings. The van der Waals surface area contributed by atoms with Crippen molar-refractivity contribution in [3.63, 3.8) is 0 Å². The molecule has 1 aliphatic carbocycles. The van der Waals surface area contributed by atoms with Crippen LogP contribution < -0.4 is 16.2 Å². The summed E-state index contributed by atoms with van der Waals surface area (Å²) in [5.74, 6) is -0.970. The number of rotatable bonds is 9. The van der Waals surface area contributed by atoms with Gasteiger partial charge in [-0.15, -0.1) is 0 Å². The molecule has 0 unspecified atom stereocenters. The zero-order valence-corrected chi connectivity index (χ0v) is 19.6. The maximum atomic E-state index is 12.4. The molecule has 7 nitrogen and oxygen atoms in total. The van der Waals surface area contributed by atoms with Crippen LogP contribution in [-0.2, 0) is 25.5 Å². The average molecular weight is 507 g/mol. The van der Waals surface area contributed by atoms with Gasteiger partial charge >= 0.3 is 18.1 Å². The third-order valence-corrected chi connectivity index (χ3v) is 5.78. The lowest BCUT2D eigenvalue weighted by Crippen LogP contribution is -2.31. The minimum absolute atomic E-state index is 0.155. The van der Waals surface area contributed by atoms with E-state index in [0.29, 0.717) is 54.8 Å². The van der Waals surface area contributed by atoms with Crippen LogP contribution in [0.4, 0.5) is 24.5 Å². The van der Waals surface area contributed by atoms with Gasteiger partial charge in [-0.25, -0.2) is 4.79 Å². The van der Waals surface area contributed by atoms with E-state index in [1.54, 1.807) is 48.5 Å². The van der Waals surface area contributed by atoms with Gasteiger partial charge in [0.15, 0.2) is 0 Å². The molecule has 0 saturated heterocycles. The summed E-state index contributed by atoms with van der Waals surface area (Å²) >= 11 is 0. The number of halogens is 3. The highest BCUT2D eigenvalue weighted by Gasteiger charge is 2.32. The maximum absolute atomic E-state index is 12.4. The van der Waals surface area contributed by atoms with Gasteiger partial charge in [0.2, 0.25) is 0 Å². The number of hydrogen-bond donors (Lipinski definition) is 2. The molecular formula is C26H29F3N2O5. The number of anilines is 2. The lowest BCUT2D eigenvalue weighted by atomic mass is 9.87. The molecular weight excluding hydrogens is 477 g/mol. The Kier molecular flexibility index (Phi) is 9.35. The molecule has 2 aromatic rings. The highest BCUT2D eigenvalue weighted by Crippen LogP contribution is 2.29. The van der Waals surface area contributed by atoms with E-state index in [0.717, 1.165) is 5.56 Å². The van der Waals surface area contributed by atoms with Gasteiger partial charge in [-0.05, 0) is 73.2 Å². The molecule has 0 amide bonds. The second-order valence-electron chi connectivity index (χ2n) is 8.60. The monoisotopic (exact) mass is 506 g/mol. The summed E-state index contributed by atoms with van der Waals surface area (Å²) < 4.78 is 52.3. The number of nitrogen functional groups attached to an aromatic ring is 2. The molecule has 0 radical (unpaired) electrons. The Labute approximate surface area is 207 Å². The van der Waals surface area contributed by atoms with E-state index in [2.05, 4.69) is 0 Å². The van der Waals surface area contributed by atoms with Crippen LogP contribution in [0.5, 0.6) is 5.75 Å². The fraction of sp³-hybridized carbons (Fsp3) is 0.385. The van der Waals surface area contributed by atoms with Gasteiger partial charge in [0.1, 0.15) is 12.4 Å². The molecule has 36 heavy (non-hydrogen) atoms. The quantitative estimate of drug-likeness (QED) is 0.219. The fourth-order valence-electron chi connectivity index (χ4n) is 3.84. The topological polar surface area (TPSA) is 114 Å². The summed E-state index contributed by atoms with van der Waals surface area (Å²) in [4.78, 5) is 24.4. The molecule has 2 aromatic carbocycles. The number of hydrogen-bond acceptors (Lipinski definition) is 7. The zero-order valence-electron chi connectivity index (χ0n) is 19.6. The number of ether oxygens (including phenoxy) is 3. The van der Waals surface area contributed by atoms with Gasteiger partial charge in [0, 0.05) is 23.9 Å². The molecule has 1 fully saturated rings.